The summed E-state index contributed by atoms with van der Waals surface area (Å²) in [6.45, 7) is 0. The fraction of sp³-hybridized carbons (Fsp3) is 0.200. The summed E-state index contributed by atoms with van der Waals surface area (Å²) >= 11 is 0. The van der Waals surface area contributed by atoms with E-state index in [0.29, 0.717) is 27.9 Å². The zero-order valence-corrected chi connectivity index (χ0v) is 16.8. The van der Waals surface area contributed by atoms with E-state index in [-0.39, 0.29) is 17.1 Å². The third-order valence-electron chi connectivity index (χ3n) is 6.73. The van der Waals surface area contributed by atoms with Crippen molar-refractivity contribution < 1.29 is 4.39 Å². The van der Waals surface area contributed by atoms with E-state index in [4.69, 9.17) is 5.73 Å². The van der Waals surface area contributed by atoms with Crippen molar-refractivity contribution >= 4 is 38.3 Å². The topological polar surface area (TPSA) is 87.6 Å². The van der Waals surface area contributed by atoms with Gasteiger partial charge < -0.3 is 10.7 Å². The first-order valence-electron chi connectivity index (χ1n) is 10.6. The molecule has 0 amide bonds. The largest absolute Gasteiger partial charge is 0.394 e. The quantitative estimate of drug-likeness (QED) is 0.330. The molecule has 1 aliphatic carbocycles. The normalized spacial score (nSPS) is 14.9. The van der Waals surface area contributed by atoms with Gasteiger partial charge in [-0.2, -0.15) is 5.10 Å². The Balaban J connectivity index is 1.80. The monoisotopic (exact) mass is 412 g/mol. The van der Waals surface area contributed by atoms with Crippen molar-refractivity contribution in [2.75, 3.05) is 5.73 Å². The van der Waals surface area contributed by atoms with Crippen LogP contribution in [0.1, 0.15) is 37.2 Å². The number of hydrogen-bond acceptors (Lipinski definition) is 3. The molecule has 6 heteroatoms. The zero-order valence-electron chi connectivity index (χ0n) is 16.8. The SMILES string of the molecule is Nc1c(-c2ccc(F)c3[nH]ncc23)c2cc(C3CCCC3)c3ccccc3c2[nH]c1=O. The number of H-pyrrole nitrogens is 2. The van der Waals surface area contributed by atoms with E-state index in [1.54, 1.807) is 12.3 Å². The van der Waals surface area contributed by atoms with Gasteiger partial charge in [-0.3, -0.25) is 9.89 Å². The molecule has 2 aromatic heterocycles. The number of aromatic amines is 2. The van der Waals surface area contributed by atoms with Gasteiger partial charge in [-0.25, -0.2) is 4.39 Å². The fourth-order valence-corrected chi connectivity index (χ4v) is 5.26. The predicted octanol–water partition coefficient (Wildman–Crippen LogP) is 5.60. The molecule has 5 nitrogen and oxygen atoms in total. The maximum atomic E-state index is 14.3. The molecule has 31 heavy (non-hydrogen) atoms. The minimum absolute atomic E-state index is 0.134. The lowest BCUT2D eigenvalue weighted by Gasteiger charge is -2.18. The smallest absolute Gasteiger partial charge is 0.272 e. The van der Waals surface area contributed by atoms with Crippen molar-refractivity contribution in [3.63, 3.8) is 0 Å². The summed E-state index contributed by atoms with van der Waals surface area (Å²) in [7, 11) is 0. The maximum absolute atomic E-state index is 14.3. The molecular weight excluding hydrogens is 391 g/mol. The zero-order chi connectivity index (χ0) is 21.1. The van der Waals surface area contributed by atoms with E-state index < -0.39 is 0 Å². The maximum Gasteiger partial charge on any atom is 0.272 e. The Morgan fingerprint density at radius 2 is 1.74 bits per heavy atom. The summed E-state index contributed by atoms with van der Waals surface area (Å²) in [5.41, 5.74) is 9.84. The predicted molar refractivity (Wildman–Crippen MR) is 123 cm³/mol. The molecule has 0 bridgehead atoms. The minimum Gasteiger partial charge on any atom is -0.394 e. The van der Waals surface area contributed by atoms with Crippen LogP contribution in [0.3, 0.4) is 0 Å². The number of aromatic nitrogens is 3. The summed E-state index contributed by atoms with van der Waals surface area (Å²) in [5.74, 6) is 0.0959. The second-order valence-electron chi connectivity index (χ2n) is 8.41. The molecule has 6 rings (SSSR count). The third kappa shape index (κ3) is 2.61. The number of nitrogen functional groups attached to an aromatic ring is 1. The average molecular weight is 412 g/mol. The highest BCUT2D eigenvalue weighted by atomic mass is 19.1. The number of pyridine rings is 1. The van der Waals surface area contributed by atoms with Crippen LogP contribution in [0.5, 0.6) is 0 Å². The Bertz CT molecular complexity index is 1540. The van der Waals surface area contributed by atoms with Gasteiger partial charge in [0.05, 0.1) is 11.7 Å². The number of fused-ring (bicyclic) bond motifs is 4. The molecule has 0 unspecified atom stereocenters. The molecule has 0 radical (unpaired) electrons. The summed E-state index contributed by atoms with van der Waals surface area (Å²) < 4.78 is 14.3. The summed E-state index contributed by atoms with van der Waals surface area (Å²) in [6, 6.07) is 13.5. The highest BCUT2D eigenvalue weighted by Crippen LogP contribution is 2.43. The lowest BCUT2D eigenvalue weighted by Crippen LogP contribution is -2.14. The Labute approximate surface area is 177 Å². The second-order valence-corrected chi connectivity index (χ2v) is 8.41. The molecule has 0 aliphatic heterocycles. The Morgan fingerprint density at radius 1 is 0.968 bits per heavy atom. The molecule has 0 spiro atoms. The highest BCUT2D eigenvalue weighted by Gasteiger charge is 2.23. The van der Waals surface area contributed by atoms with Gasteiger partial charge in [-0.15, -0.1) is 0 Å². The van der Waals surface area contributed by atoms with E-state index in [2.05, 4.69) is 27.3 Å². The Morgan fingerprint density at radius 3 is 2.55 bits per heavy atom. The molecule has 5 aromatic rings. The summed E-state index contributed by atoms with van der Waals surface area (Å²) in [4.78, 5) is 15.9. The van der Waals surface area contributed by atoms with Gasteiger partial charge in [-0.05, 0) is 47.4 Å². The first-order chi connectivity index (χ1) is 15.1. The Kier molecular flexibility index (Phi) is 3.90. The molecule has 1 aliphatic rings. The van der Waals surface area contributed by atoms with Gasteiger partial charge in [0, 0.05) is 21.7 Å². The van der Waals surface area contributed by atoms with E-state index in [9.17, 15) is 9.18 Å². The number of rotatable bonds is 2. The highest BCUT2D eigenvalue weighted by molar-refractivity contribution is 6.15. The molecule has 1 saturated carbocycles. The van der Waals surface area contributed by atoms with Gasteiger partial charge in [0.15, 0.2) is 0 Å². The molecule has 2 heterocycles. The minimum atomic E-state index is -0.388. The van der Waals surface area contributed by atoms with Crippen molar-refractivity contribution in [1.29, 1.82) is 0 Å². The molecule has 1 fully saturated rings. The third-order valence-corrected chi connectivity index (χ3v) is 6.73. The van der Waals surface area contributed by atoms with Crippen LogP contribution in [0.2, 0.25) is 0 Å². The van der Waals surface area contributed by atoms with Gasteiger partial charge in [0.1, 0.15) is 17.0 Å². The number of nitrogens with zero attached hydrogens (tertiary/aromatic N) is 1. The van der Waals surface area contributed by atoms with Crippen LogP contribution < -0.4 is 11.3 Å². The van der Waals surface area contributed by atoms with E-state index in [1.807, 2.05) is 18.2 Å². The van der Waals surface area contributed by atoms with Crippen LogP contribution in [0.25, 0.3) is 43.7 Å². The summed E-state index contributed by atoms with van der Waals surface area (Å²) in [5, 5.41) is 10.4. The Hall–Kier alpha value is -3.67. The van der Waals surface area contributed by atoms with Crippen molar-refractivity contribution in [3.05, 3.63) is 70.4 Å². The van der Waals surface area contributed by atoms with Gasteiger partial charge in [-0.1, -0.05) is 43.2 Å². The van der Waals surface area contributed by atoms with E-state index in [1.165, 1.54) is 29.9 Å². The van der Waals surface area contributed by atoms with Gasteiger partial charge in [0.25, 0.3) is 5.56 Å². The number of hydrogen-bond donors (Lipinski definition) is 3. The van der Waals surface area contributed by atoms with Crippen molar-refractivity contribution in [1.82, 2.24) is 15.2 Å². The van der Waals surface area contributed by atoms with Crippen LogP contribution in [0, 0.1) is 5.82 Å². The van der Waals surface area contributed by atoms with Gasteiger partial charge in [0.2, 0.25) is 0 Å². The number of benzene rings is 3. The van der Waals surface area contributed by atoms with Crippen LogP contribution in [0.15, 0.2) is 53.5 Å². The summed E-state index contributed by atoms with van der Waals surface area (Å²) in [6.07, 6.45) is 6.36. The second kappa shape index (κ2) is 6.67. The lowest BCUT2D eigenvalue weighted by atomic mass is 9.87. The molecule has 154 valence electrons. The van der Waals surface area contributed by atoms with Crippen LogP contribution in [0.4, 0.5) is 10.1 Å². The van der Waals surface area contributed by atoms with Crippen LogP contribution in [-0.2, 0) is 0 Å². The number of anilines is 1. The van der Waals surface area contributed by atoms with E-state index >= 15 is 0 Å². The van der Waals surface area contributed by atoms with Crippen molar-refractivity contribution in [3.8, 4) is 11.1 Å². The number of nitrogens with two attached hydrogens (primary N) is 1. The van der Waals surface area contributed by atoms with Gasteiger partial charge >= 0.3 is 0 Å². The molecule has 4 N–H and O–H groups in total. The first-order valence-corrected chi connectivity index (χ1v) is 10.6. The molecule has 0 saturated heterocycles. The van der Waals surface area contributed by atoms with Crippen LogP contribution in [-0.4, -0.2) is 15.2 Å². The molecule has 3 aromatic carbocycles. The van der Waals surface area contributed by atoms with Crippen LogP contribution >= 0.6 is 0 Å². The number of halogens is 1. The van der Waals surface area contributed by atoms with E-state index in [0.717, 1.165) is 29.1 Å². The molecular formula is C25H21FN4O. The van der Waals surface area contributed by atoms with Crippen molar-refractivity contribution in [2.24, 2.45) is 0 Å². The standard InChI is InChI=1S/C25H21FN4O/c26-20-10-9-15(19-12-28-30-24(19)20)21-18-11-17(13-5-1-2-6-13)14-7-3-4-8-16(14)23(18)29-25(31)22(21)27/h3-4,7-13H,1-2,5-6,27H2,(H,28,30)(H,29,31). The fourth-order valence-electron chi connectivity index (χ4n) is 5.26. The molecule has 0 atom stereocenters. The average Bonchev–Trinajstić information content (AvgIpc) is 3.48. The first kappa shape index (κ1) is 18.1. The number of nitrogens with one attached hydrogen (secondary N) is 2. The lowest BCUT2D eigenvalue weighted by molar-refractivity contribution is 0.636. The van der Waals surface area contributed by atoms with Crippen molar-refractivity contribution in [2.45, 2.75) is 31.6 Å².